The number of rotatable bonds is 8. The van der Waals surface area contributed by atoms with Crippen LogP contribution in [0.4, 0.5) is 13.2 Å². The molecule has 3 nitrogen and oxygen atoms in total. The molecule has 1 aromatic rings. The molecular weight excluding hydrogens is 281 g/mol. The lowest BCUT2D eigenvalue weighted by Gasteiger charge is -2.24. The molecule has 0 radical (unpaired) electrons. The van der Waals surface area contributed by atoms with Gasteiger partial charge in [0.05, 0.1) is 6.07 Å². The van der Waals surface area contributed by atoms with Crippen LogP contribution in [0.5, 0.6) is 0 Å². The Bertz CT molecular complexity index is 442. The Morgan fingerprint density at radius 2 is 1.86 bits per heavy atom. The summed E-state index contributed by atoms with van der Waals surface area (Å²) in [5.74, 6) is 0. The van der Waals surface area contributed by atoms with Gasteiger partial charge in [0.2, 0.25) is 0 Å². The van der Waals surface area contributed by atoms with Gasteiger partial charge in [-0.05, 0) is 24.9 Å². The fraction of sp³-hybridized carbons (Fsp3) is 0.533. The molecule has 0 spiro atoms. The van der Waals surface area contributed by atoms with Gasteiger partial charge in [-0.1, -0.05) is 30.3 Å². The smallest absolute Gasteiger partial charge is 0.384 e. The van der Waals surface area contributed by atoms with Gasteiger partial charge in [0, 0.05) is 19.5 Å². The SMILES string of the molecule is N#CCCCN(CC[C@@H](O)C(F)(F)F)Cc1ccccc1. The van der Waals surface area contributed by atoms with Crippen LogP contribution in [-0.4, -0.2) is 35.4 Å². The first-order valence-corrected chi connectivity index (χ1v) is 6.81. The average Bonchev–Trinajstić information content (AvgIpc) is 2.44. The molecule has 0 aliphatic rings. The molecule has 0 aromatic heterocycles. The number of hydrogen-bond acceptors (Lipinski definition) is 3. The Morgan fingerprint density at radius 1 is 1.19 bits per heavy atom. The number of benzene rings is 1. The lowest BCUT2D eigenvalue weighted by molar-refractivity contribution is -0.206. The van der Waals surface area contributed by atoms with Crippen molar-refractivity contribution < 1.29 is 18.3 Å². The molecule has 1 rings (SSSR count). The first-order valence-electron chi connectivity index (χ1n) is 6.81. The first-order chi connectivity index (χ1) is 9.93. The molecule has 116 valence electrons. The van der Waals surface area contributed by atoms with E-state index in [1.165, 1.54) is 0 Å². The van der Waals surface area contributed by atoms with Gasteiger partial charge in [-0.15, -0.1) is 0 Å². The Morgan fingerprint density at radius 3 is 2.43 bits per heavy atom. The molecule has 1 N–H and O–H groups in total. The van der Waals surface area contributed by atoms with E-state index in [1.54, 1.807) is 0 Å². The molecular formula is C15H19F3N2O. The Labute approximate surface area is 122 Å². The number of aliphatic hydroxyl groups excluding tert-OH is 1. The highest BCUT2D eigenvalue weighted by molar-refractivity contribution is 5.14. The highest BCUT2D eigenvalue weighted by Gasteiger charge is 2.37. The van der Waals surface area contributed by atoms with Crippen LogP contribution in [0.1, 0.15) is 24.8 Å². The van der Waals surface area contributed by atoms with Crippen LogP contribution in [0, 0.1) is 11.3 Å². The van der Waals surface area contributed by atoms with E-state index in [1.807, 2.05) is 41.3 Å². The van der Waals surface area contributed by atoms with Gasteiger partial charge in [0.25, 0.3) is 0 Å². The van der Waals surface area contributed by atoms with Crippen LogP contribution >= 0.6 is 0 Å². The quantitative estimate of drug-likeness (QED) is 0.750. The van der Waals surface area contributed by atoms with E-state index in [2.05, 4.69) is 0 Å². The van der Waals surface area contributed by atoms with Gasteiger partial charge < -0.3 is 5.11 Å². The zero-order valence-corrected chi connectivity index (χ0v) is 11.7. The fourth-order valence-corrected chi connectivity index (χ4v) is 1.96. The number of nitrogens with zero attached hydrogens (tertiary/aromatic N) is 2. The second-order valence-electron chi connectivity index (χ2n) is 4.87. The van der Waals surface area contributed by atoms with Crippen molar-refractivity contribution in [1.82, 2.24) is 4.90 Å². The molecule has 0 amide bonds. The maximum Gasteiger partial charge on any atom is 0.414 e. The molecule has 0 bridgehead atoms. The predicted octanol–water partition coefficient (Wildman–Crippen LogP) is 3.11. The molecule has 0 aliphatic heterocycles. The molecule has 0 saturated heterocycles. The van der Waals surface area contributed by atoms with Crippen LogP contribution in [0.25, 0.3) is 0 Å². The molecule has 0 heterocycles. The molecule has 0 saturated carbocycles. The lowest BCUT2D eigenvalue weighted by atomic mass is 10.1. The number of halogens is 3. The molecule has 21 heavy (non-hydrogen) atoms. The third-order valence-electron chi connectivity index (χ3n) is 3.11. The highest BCUT2D eigenvalue weighted by Crippen LogP contribution is 2.22. The first kappa shape index (κ1) is 17.5. The van der Waals surface area contributed by atoms with Crippen molar-refractivity contribution in [2.75, 3.05) is 13.1 Å². The summed E-state index contributed by atoms with van der Waals surface area (Å²) in [6.45, 7) is 1.19. The number of unbranched alkanes of at least 4 members (excludes halogenated alkanes) is 1. The Hall–Kier alpha value is -1.58. The molecule has 0 aliphatic carbocycles. The molecule has 1 atom stereocenters. The number of hydrogen-bond donors (Lipinski definition) is 1. The van der Waals surface area contributed by atoms with Crippen LogP contribution in [0.2, 0.25) is 0 Å². The summed E-state index contributed by atoms with van der Waals surface area (Å²) in [4.78, 5) is 1.83. The average molecular weight is 300 g/mol. The fourth-order valence-electron chi connectivity index (χ4n) is 1.96. The molecule has 0 fully saturated rings. The normalized spacial score (nSPS) is 13.1. The van der Waals surface area contributed by atoms with Gasteiger partial charge in [0.1, 0.15) is 0 Å². The van der Waals surface area contributed by atoms with E-state index in [0.717, 1.165) is 5.56 Å². The van der Waals surface area contributed by atoms with E-state index < -0.39 is 12.3 Å². The van der Waals surface area contributed by atoms with Crippen molar-refractivity contribution in [1.29, 1.82) is 5.26 Å². The van der Waals surface area contributed by atoms with Crippen molar-refractivity contribution in [2.24, 2.45) is 0 Å². The standard InChI is InChI=1S/C15H19F3N2O/c16-15(17,18)14(21)8-11-20(10-5-4-9-19)12-13-6-2-1-3-7-13/h1-3,6-7,14,21H,4-5,8,10-12H2/t14-/m1/s1. The minimum Gasteiger partial charge on any atom is -0.384 e. The van der Waals surface area contributed by atoms with Crippen molar-refractivity contribution >= 4 is 0 Å². The minimum absolute atomic E-state index is 0.140. The van der Waals surface area contributed by atoms with Gasteiger partial charge in [-0.3, -0.25) is 4.90 Å². The topological polar surface area (TPSA) is 47.3 Å². The summed E-state index contributed by atoms with van der Waals surface area (Å²) in [6, 6.07) is 11.4. The van der Waals surface area contributed by atoms with Crippen LogP contribution in [0.3, 0.4) is 0 Å². The molecule has 6 heteroatoms. The number of alkyl halides is 3. The van der Waals surface area contributed by atoms with E-state index in [-0.39, 0.29) is 13.0 Å². The van der Waals surface area contributed by atoms with Crippen LogP contribution in [0.15, 0.2) is 30.3 Å². The van der Waals surface area contributed by atoms with Gasteiger partial charge in [0.15, 0.2) is 6.10 Å². The predicted molar refractivity (Wildman–Crippen MR) is 73.2 cm³/mol. The van der Waals surface area contributed by atoms with Crippen molar-refractivity contribution in [3.8, 4) is 6.07 Å². The maximum absolute atomic E-state index is 12.3. The van der Waals surface area contributed by atoms with E-state index in [4.69, 9.17) is 10.4 Å². The largest absolute Gasteiger partial charge is 0.414 e. The zero-order valence-electron chi connectivity index (χ0n) is 11.7. The third-order valence-corrected chi connectivity index (χ3v) is 3.11. The second kappa shape index (κ2) is 8.65. The zero-order chi connectivity index (χ0) is 15.7. The Kier molecular flexibility index (Phi) is 7.20. The monoisotopic (exact) mass is 300 g/mol. The van der Waals surface area contributed by atoms with Gasteiger partial charge in [-0.2, -0.15) is 18.4 Å². The summed E-state index contributed by atoms with van der Waals surface area (Å²) < 4.78 is 37.0. The van der Waals surface area contributed by atoms with Crippen LogP contribution in [-0.2, 0) is 6.54 Å². The van der Waals surface area contributed by atoms with E-state index in [9.17, 15) is 13.2 Å². The summed E-state index contributed by atoms with van der Waals surface area (Å²) in [7, 11) is 0. The summed E-state index contributed by atoms with van der Waals surface area (Å²) in [6.07, 6.45) is -6.27. The number of nitriles is 1. The second-order valence-corrected chi connectivity index (χ2v) is 4.87. The summed E-state index contributed by atoms with van der Waals surface area (Å²) in [5.41, 5.74) is 0.996. The van der Waals surface area contributed by atoms with Crippen molar-refractivity contribution in [3.05, 3.63) is 35.9 Å². The van der Waals surface area contributed by atoms with Crippen molar-refractivity contribution in [3.63, 3.8) is 0 Å². The highest BCUT2D eigenvalue weighted by atomic mass is 19.4. The summed E-state index contributed by atoms with van der Waals surface area (Å²) >= 11 is 0. The van der Waals surface area contributed by atoms with Crippen LogP contribution < -0.4 is 0 Å². The third kappa shape index (κ3) is 7.11. The molecule has 1 aromatic carbocycles. The van der Waals surface area contributed by atoms with Gasteiger partial charge in [-0.25, -0.2) is 0 Å². The number of aliphatic hydroxyl groups is 1. The molecule has 0 unspecified atom stereocenters. The van der Waals surface area contributed by atoms with Crippen molar-refractivity contribution in [2.45, 2.75) is 38.1 Å². The summed E-state index contributed by atoms with van der Waals surface area (Å²) in [5, 5.41) is 17.6. The van der Waals surface area contributed by atoms with E-state index >= 15 is 0 Å². The van der Waals surface area contributed by atoms with Gasteiger partial charge >= 0.3 is 6.18 Å². The Balaban J connectivity index is 2.54. The maximum atomic E-state index is 12.3. The lowest BCUT2D eigenvalue weighted by Crippen LogP contribution is -2.34. The minimum atomic E-state index is -4.58. The van der Waals surface area contributed by atoms with E-state index in [0.29, 0.717) is 25.9 Å².